The lowest BCUT2D eigenvalue weighted by Crippen LogP contribution is -1.99. The first kappa shape index (κ1) is 10.1. The molecule has 0 bridgehead atoms. The number of aliphatic imine (C=N–C) groups is 1. The Bertz CT molecular complexity index is 297. The topological polar surface area (TPSA) is 24.4 Å². The second kappa shape index (κ2) is 4.87. The standard InChI is InChI=1S/C10H13ClN2/c1-3-6-13-9-5-4-8(11)7-10(9)12-2/h4-5,7,13H,2-3,6H2,1H3. The molecule has 0 aromatic heterocycles. The van der Waals surface area contributed by atoms with Crippen molar-refractivity contribution >= 4 is 29.7 Å². The van der Waals surface area contributed by atoms with Gasteiger partial charge in [-0.1, -0.05) is 18.5 Å². The first-order valence-electron chi connectivity index (χ1n) is 4.28. The smallest absolute Gasteiger partial charge is 0.0868 e. The van der Waals surface area contributed by atoms with Crippen molar-refractivity contribution in [2.24, 2.45) is 4.99 Å². The number of halogens is 1. The molecule has 0 saturated heterocycles. The Hall–Kier alpha value is -1.02. The summed E-state index contributed by atoms with van der Waals surface area (Å²) in [5.41, 5.74) is 1.79. The highest BCUT2D eigenvalue weighted by atomic mass is 35.5. The van der Waals surface area contributed by atoms with Gasteiger partial charge >= 0.3 is 0 Å². The summed E-state index contributed by atoms with van der Waals surface area (Å²) in [6.45, 7) is 6.54. The van der Waals surface area contributed by atoms with E-state index in [1.807, 2.05) is 12.1 Å². The van der Waals surface area contributed by atoms with Gasteiger partial charge in [0.15, 0.2) is 0 Å². The van der Waals surface area contributed by atoms with Crippen LogP contribution in [0.25, 0.3) is 0 Å². The van der Waals surface area contributed by atoms with Crippen molar-refractivity contribution in [2.45, 2.75) is 13.3 Å². The van der Waals surface area contributed by atoms with Crippen molar-refractivity contribution in [3.8, 4) is 0 Å². The van der Waals surface area contributed by atoms with Crippen LogP contribution in [0.2, 0.25) is 5.02 Å². The molecule has 70 valence electrons. The van der Waals surface area contributed by atoms with Crippen molar-refractivity contribution in [2.75, 3.05) is 11.9 Å². The normalized spacial score (nSPS) is 9.69. The van der Waals surface area contributed by atoms with Gasteiger partial charge in [0.2, 0.25) is 0 Å². The Morgan fingerprint density at radius 2 is 2.31 bits per heavy atom. The molecule has 0 radical (unpaired) electrons. The third kappa shape index (κ3) is 2.74. The highest BCUT2D eigenvalue weighted by Gasteiger charge is 1.99. The maximum Gasteiger partial charge on any atom is 0.0868 e. The fourth-order valence-corrected chi connectivity index (χ4v) is 1.21. The van der Waals surface area contributed by atoms with Crippen molar-refractivity contribution in [1.82, 2.24) is 0 Å². The fraction of sp³-hybridized carbons (Fsp3) is 0.300. The Labute approximate surface area is 83.6 Å². The van der Waals surface area contributed by atoms with Gasteiger partial charge in [-0.05, 0) is 31.3 Å². The number of nitrogens with zero attached hydrogens (tertiary/aromatic N) is 1. The lowest BCUT2D eigenvalue weighted by atomic mass is 10.2. The van der Waals surface area contributed by atoms with E-state index in [-0.39, 0.29) is 0 Å². The molecule has 0 aliphatic heterocycles. The van der Waals surface area contributed by atoms with Gasteiger partial charge in [-0.3, -0.25) is 4.99 Å². The van der Waals surface area contributed by atoms with Gasteiger partial charge in [0.25, 0.3) is 0 Å². The SMILES string of the molecule is C=Nc1cc(Cl)ccc1NCCC. The third-order valence-corrected chi connectivity index (χ3v) is 1.93. The van der Waals surface area contributed by atoms with Crippen LogP contribution in [0.4, 0.5) is 11.4 Å². The fourth-order valence-electron chi connectivity index (χ4n) is 1.04. The van der Waals surface area contributed by atoms with Crippen LogP contribution in [-0.4, -0.2) is 13.3 Å². The summed E-state index contributed by atoms with van der Waals surface area (Å²) in [5.74, 6) is 0. The highest BCUT2D eigenvalue weighted by molar-refractivity contribution is 6.31. The molecule has 2 nitrogen and oxygen atoms in total. The summed E-state index contributed by atoms with van der Waals surface area (Å²) in [5, 5.41) is 3.93. The van der Waals surface area contributed by atoms with Gasteiger partial charge in [-0.25, -0.2) is 0 Å². The van der Waals surface area contributed by atoms with Crippen LogP contribution in [-0.2, 0) is 0 Å². The van der Waals surface area contributed by atoms with Gasteiger partial charge in [0.1, 0.15) is 0 Å². The molecule has 0 aliphatic rings. The van der Waals surface area contributed by atoms with Crippen LogP contribution < -0.4 is 5.32 Å². The van der Waals surface area contributed by atoms with Crippen molar-refractivity contribution in [3.63, 3.8) is 0 Å². The van der Waals surface area contributed by atoms with E-state index in [2.05, 4.69) is 24.0 Å². The molecule has 0 heterocycles. The summed E-state index contributed by atoms with van der Waals surface area (Å²) < 4.78 is 0. The molecule has 0 unspecified atom stereocenters. The molecule has 3 heteroatoms. The number of hydrogen-bond donors (Lipinski definition) is 1. The van der Waals surface area contributed by atoms with E-state index in [9.17, 15) is 0 Å². The lowest BCUT2D eigenvalue weighted by Gasteiger charge is -2.07. The van der Waals surface area contributed by atoms with Gasteiger partial charge in [-0.2, -0.15) is 0 Å². The zero-order valence-corrected chi connectivity index (χ0v) is 8.43. The van der Waals surface area contributed by atoms with Crippen molar-refractivity contribution in [3.05, 3.63) is 23.2 Å². The van der Waals surface area contributed by atoms with Crippen molar-refractivity contribution < 1.29 is 0 Å². The number of nitrogens with one attached hydrogen (secondary N) is 1. The van der Waals surface area contributed by atoms with Crippen LogP contribution in [0, 0.1) is 0 Å². The number of anilines is 1. The Balaban J connectivity index is 2.86. The Morgan fingerprint density at radius 1 is 1.54 bits per heavy atom. The number of benzene rings is 1. The minimum Gasteiger partial charge on any atom is -0.383 e. The molecule has 0 saturated carbocycles. The average molecular weight is 197 g/mol. The molecule has 13 heavy (non-hydrogen) atoms. The van der Waals surface area contributed by atoms with Crippen molar-refractivity contribution in [1.29, 1.82) is 0 Å². The molecular weight excluding hydrogens is 184 g/mol. The maximum absolute atomic E-state index is 5.81. The first-order chi connectivity index (χ1) is 6.27. The Kier molecular flexibility index (Phi) is 3.77. The third-order valence-electron chi connectivity index (χ3n) is 1.70. The summed E-state index contributed by atoms with van der Waals surface area (Å²) >= 11 is 5.81. The van der Waals surface area contributed by atoms with Crippen LogP contribution in [0.5, 0.6) is 0 Å². The molecule has 0 amide bonds. The average Bonchev–Trinajstić information content (AvgIpc) is 2.16. The molecular formula is C10H13ClN2. The minimum atomic E-state index is 0.685. The summed E-state index contributed by atoms with van der Waals surface area (Å²) in [6, 6.07) is 5.56. The summed E-state index contributed by atoms with van der Waals surface area (Å²) in [7, 11) is 0. The molecule has 0 spiro atoms. The van der Waals surface area contributed by atoms with E-state index >= 15 is 0 Å². The second-order valence-electron chi connectivity index (χ2n) is 2.75. The van der Waals surface area contributed by atoms with Gasteiger partial charge in [-0.15, -0.1) is 0 Å². The number of rotatable bonds is 4. The zero-order valence-electron chi connectivity index (χ0n) is 7.68. The van der Waals surface area contributed by atoms with Crippen LogP contribution in [0.15, 0.2) is 23.2 Å². The van der Waals surface area contributed by atoms with E-state index in [0.717, 1.165) is 24.3 Å². The zero-order chi connectivity index (χ0) is 9.68. The van der Waals surface area contributed by atoms with E-state index in [4.69, 9.17) is 11.6 Å². The van der Waals surface area contributed by atoms with Crippen LogP contribution >= 0.6 is 11.6 Å². The second-order valence-corrected chi connectivity index (χ2v) is 3.18. The van der Waals surface area contributed by atoms with Gasteiger partial charge < -0.3 is 5.32 Å². The summed E-state index contributed by atoms with van der Waals surface area (Å²) in [4.78, 5) is 3.89. The van der Waals surface area contributed by atoms with E-state index in [1.165, 1.54) is 0 Å². The summed E-state index contributed by atoms with van der Waals surface area (Å²) in [6.07, 6.45) is 1.08. The van der Waals surface area contributed by atoms with Gasteiger partial charge in [0.05, 0.1) is 11.4 Å². The van der Waals surface area contributed by atoms with E-state index < -0.39 is 0 Å². The quantitative estimate of drug-likeness (QED) is 0.733. The largest absolute Gasteiger partial charge is 0.383 e. The minimum absolute atomic E-state index is 0.685. The number of hydrogen-bond acceptors (Lipinski definition) is 2. The molecule has 1 aromatic carbocycles. The van der Waals surface area contributed by atoms with Crippen LogP contribution in [0.3, 0.4) is 0 Å². The van der Waals surface area contributed by atoms with Gasteiger partial charge in [0, 0.05) is 11.6 Å². The highest BCUT2D eigenvalue weighted by Crippen LogP contribution is 2.27. The molecule has 1 rings (SSSR count). The predicted molar refractivity (Wildman–Crippen MR) is 59.4 cm³/mol. The lowest BCUT2D eigenvalue weighted by molar-refractivity contribution is 0.980. The molecule has 0 atom stereocenters. The molecule has 0 fully saturated rings. The monoisotopic (exact) mass is 196 g/mol. The predicted octanol–water partition coefficient (Wildman–Crippen LogP) is 3.49. The maximum atomic E-state index is 5.81. The Morgan fingerprint density at radius 3 is 2.92 bits per heavy atom. The molecule has 0 aliphatic carbocycles. The first-order valence-corrected chi connectivity index (χ1v) is 4.66. The van der Waals surface area contributed by atoms with Crippen LogP contribution in [0.1, 0.15) is 13.3 Å². The molecule has 1 N–H and O–H groups in total. The molecule has 1 aromatic rings. The van der Waals surface area contributed by atoms with E-state index in [0.29, 0.717) is 5.02 Å². The van der Waals surface area contributed by atoms with E-state index in [1.54, 1.807) is 6.07 Å².